The van der Waals surface area contributed by atoms with Gasteiger partial charge in [0.05, 0.1) is 0 Å². The van der Waals surface area contributed by atoms with Gasteiger partial charge < -0.3 is 5.32 Å². The Bertz CT molecular complexity index is 306. The summed E-state index contributed by atoms with van der Waals surface area (Å²) in [6.45, 7) is 3.42. The minimum absolute atomic E-state index is 0.800. The molecular formula is C14H21N. The fourth-order valence-electron chi connectivity index (χ4n) is 2.49. The van der Waals surface area contributed by atoms with Crippen molar-refractivity contribution in [2.45, 2.75) is 44.9 Å². The fraction of sp³-hybridized carbons (Fsp3) is 0.571. The van der Waals surface area contributed by atoms with Crippen molar-refractivity contribution in [3.05, 3.63) is 29.8 Å². The molecule has 0 bridgehead atoms. The summed E-state index contributed by atoms with van der Waals surface area (Å²) in [5.74, 6) is 0.800. The van der Waals surface area contributed by atoms with Crippen LogP contribution < -0.4 is 5.32 Å². The number of anilines is 1. The van der Waals surface area contributed by atoms with Gasteiger partial charge in [-0.15, -0.1) is 0 Å². The van der Waals surface area contributed by atoms with E-state index in [-0.39, 0.29) is 0 Å². The summed E-state index contributed by atoms with van der Waals surface area (Å²) in [4.78, 5) is 0. The highest BCUT2D eigenvalue weighted by atomic mass is 14.9. The maximum absolute atomic E-state index is 3.48. The monoisotopic (exact) mass is 203 g/mol. The molecule has 2 rings (SSSR count). The van der Waals surface area contributed by atoms with Gasteiger partial charge in [0.2, 0.25) is 0 Å². The molecular weight excluding hydrogens is 182 g/mol. The third-order valence-corrected chi connectivity index (χ3v) is 3.37. The van der Waals surface area contributed by atoms with E-state index in [4.69, 9.17) is 0 Å². The molecule has 0 aromatic heterocycles. The van der Waals surface area contributed by atoms with Gasteiger partial charge in [-0.3, -0.25) is 0 Å². The summed E-state index contributed by atoms with van der Waals surface area (Å²) >= 11 is 0. The first-order chi connectivity index (χ1) is 7.42. The zero-order valence-electron chi connectivity index (χ0n) is 9.63. The highest BCUT2D eigenvalue weighted by Crippen LogP contribution is 2.34. The second-order valence-corrected chi connectivity index (χ2v) is 4.50. The van der Waals surface area contributed by atoms with Crippen molar-refractivity contribution in [1.29, 1.82) is 0 Å². The van der Waals surface area contributed by atoms with E-state index in [1.54, 1.807) is 5.56 Å². The van der Waals surface area contributed by atoms with Crippen molar-refractivity contribution in [3.63, 3.8) is 0 Å². The first kappa shape index (κ1) is 10.5. The number of rotatable bonds is 4. The SMILES string of the molecule is CCCCCC1CCNc2ccccc21. The van der Waals surface area contributed by atoms with E-state index in [9.17, 15) is 0 Å². The Hall–Kier alpha value is -0.980. The number of benzene rings is 1. The van der Waals surface area contributed by atoms with Crippen LogP contribution >= 0.6 is 0 Å². The van der Waals surface area contributed by atoms with Gasteiger partial charge in [0.1, 0.15) is 0 Å². The number of para-hydroxylation sites is 1. The molecule has 0 radical (unpaired) electrons. The zero-order chi connectivity index (χ0) is 10.5. The maximum atomic E-state index is 3.48. The van der Waals surface area contributed by atoms with Crippen LogP contribution in [0.2, 0.25) is 0 Å². The van der Waals surface area contributed by atoms with E-state index >= 15 is 0 Å². The van der Waals surface area contributed by atoms with E-state index in [1.165, 1.54) is 37.8 Å². The lowest BCUT2D eigenvalue weighted by Crippen LogP contribution is -2.16. The molecule has 1 aliphatic rings. The van der Waals surface area contributed by atoms with Gasteiger partial charge in [-0.25, -0.2) is 0 Å². The Morgan fingerprint density at radius 3 is 3.00 bits per heavy atom. The molecule has 1 nitrogen and oxygen atoms in total. The largest absolute Gasteiger partial charge is 0.385 e. The number of nitrogens with one attached hydrogen (secondary N) is 1. The summed E-state index contributed by atoms with van der Waals surface area (Å²) in [6, 6.07) is 8.79. The third kappa shape index (κ3) is 2.53. The maximum Gasteiger partial charge on any atom is 0.0375 e. The molecule has 1 heterocycles. The molecule has 1 heteroatoms. The van der Waals surface area contributed by atoms with Crippen molar-refractivity contribution in [2.75, 3.05) is 11.9 Å². The van der Waals surface area contributed by atoms with Crippen molar-refractivity contribution >= 4 is 5.69 Å². The number of unbranched alkanes of at least 4 members (excludes halogenated alkanes) is 2. The summed E-state index contributed by atoms with van der Waals surface area (Å²) in [5, 5.41) is 3.48. The molecule has 0 saturated heterocycles. The van der Waals surface area contributed by atoms with Crippen molar-refractivity contribution < 1.29 is 0 Å². The fourth-order valence-corrected chi connectivity index (χ4v) is 2.49. The number of hydrogen-bond acceptors (Lipinski definition) is 1. The van der Waals surface area contributed by atoms with Crippen LogP contribution in [-0.2, 0) is 0 Å². The van der Waals surface area contributed by atoms with Gasteiger partial charge in [0.15, 0.2) is 0 Å². The average Bonchev–Trinajstić information content (AvgIpc) is 2.30. The van der Waals surface area contributed by atoms with Crippen LogP contribution in [0.3, 0.4) is 0 Å². The van der Waals surface area contributed by atoms with Gasteiger partial charge in [-0.1, -0.05) is 44.4 Å². The normalized spacial score (nSPS) is 19.4. The molecule has 1 N–H and O–H groups in total. The van der Waals surface area contributed by atoms with Crippen LogP contribution in [0.4, 0.5) is 5.69 Å². The lowest BCUT2D eigenvalue weighted by atomic mass is 9.87. The molecule has 0 aliphatic carbocycles. The molecule has 1 unspecified atom stereocenters. The molecule has 0 fully saturated rings. The van der Waals surface area contributed by atoms with Crippen LogP contribution in [0.15, 0.2) is 24.3 Å². The highest BCUT2D eigenvalue weighted by Gasteiger charge is 2.18. The van der Waals surface area contributed by atoms with E-state index in [0.717, 1.165) is 12.5 Å². The molecule has 0 amide bonds. The van der Waals surface area contributed by atoms with Gasteiger partial charge in [-0.05, 0) is 30.4 Å². The second kappa shape index (κ2) is 5.20. The Labute approximate surface area is 92.9 Å². The molecule has 82 valence electrons. The van der Waals surface area contributed by atoms with Gasteiger partial charge in [0, 0.05) is 12.2 Å². The minimum Gasteiger partial charge on any atom is -0.385 e. The minimum atomic E-state index is 0.800. The van der Waals surface area contributed by atoms with E-state index in [1.807, 2.05) is 0 Å². The third-order valence-electron chi connectivity index (χ3n) is 3.37. The molecule has 1 atom stereocenters. The predicted molar refractivity (Wildman–Crippen MR) is 66.4 cm³/mol. The Morgan fingerprint density at radius 1 is 1.27 bits per heavy atom. The van der Waals surface area contributed by atoms with E-state index in [0.29, 0.717) is 0 Å². The molecule has 1 aromatic rings. The van der Waals surface area contributed by atoms with Crippen LogP contribution in [0, 0.1) is 0 Å². The number of fused-ring (bicyclic) bond motifs is 1. The predicted octanol–water partition coefficient (Wildman–Crippen LogP) is 4.17. The highest BCUT2D eigenvalue weighted by molar-refractivity contribution is 5.54. The summed E-state index contributed by atoms with van der Waals surface area (Å²) in [5.41, 5.74) is 2.91. The Morgan fingerprint density at radius 2 is 2.13 bits per heavy atom. The number of hydrogen-bond donors (Lipinski definition) is 1. The average molecular weight is 203 g/mol. The summed E-state index contributed by atoms with van der Waals surface area (Å²) in [7, 11) is 0. The van der Waals surface area contributed by atoms with E-state index in [2.05, 4.69) is 36.5 Å². The van der Waals surface area contributed by atoms with Gasteiger partial charge in [0.25, 0.3) is 0 Å². The summed E-state index contributed by atoms with van der Waals surface area (Å²) in [6.07, 6.45) is 6.77. The van der Waals surface area contributed by atoms with Gasteiger partial charge >= 0.3 is 0 Å². The van der Waals surface area contributed by atoms with Crippen molar-refractivity contribution in [2.24, 2.45) is 0 Å². The Balaban J connectivity index is 2.02. The molecule has 1 aromatic carbocycles. The summed E-state index contributed by atoms with van der Waals surface area (Å²) < 4.78 is 0. The molecule has 0 saturated carbocycles. The smallest absolute Gasteiger partial charge is 0.0375 e. The van der Waals surface area contributed by atoms with Crippen LogP contribution in [-0.4, -0.2) is 6.54 Å². The zero-order valence-corrected chi connectivity index (χ0v) is 9.63. The van der Waals surface area contributed by atoms with Crippen molar-refractivity contribution in [1.82, 2.24) is 0 Å². The van der Waals surface area contributed by atoms with Crippen molar-refractivity contribution in [3.8, 4) is 0 Å². The van der Waals surface area contributed by atoms with Crippen LogP contribution in [0.25, 0.3) is 0 Å². The van der Waals surface area contributed by atoms with Crippen LogP contribution in [0.5, 0.6) is 0 Å². The second-order valence-electron chi connectivity index (χ2n) is 4.50. The standard InChI is InChI=1S/C14H21N/c1-2-3-4-7-12-10-11-15-14-9-6-5-8-13(12)14/h5-6,8-9,12,15H,2-4,7,10-11H2,1H3. The lowest BCUT2D eigenvalue weighted by molar-refractivity contribution is 0.536. The first-order valence-electron chi connectivity index (χ1n) is 6.24. The van der Waals surface area contributed by atoms with Crippen LogP contribution in [0.1, 0.15) is 50.5 Å². The van der Waals surface area contributed by atoms with Gasteiger partial charge in [-0.2, -0.15) is 0 Å². The lowest BCUT2D eigenvalue weighted by Gasteiger charge is -2.26. The molecule has 15 heavy (non-hydrogen) atoms. The topological polar surface area (TPSA) is 12.0 Å². The molecule has 0 spiro atoms. The Kier molecular flexibility index (Phi) is 3.65. The quantitative estimate of drug-likeness (QED) is 0.724. The molecule has 1 aliphatic heterocycles. The van der Waals surface area contributed by atoms with E-state index < -0.39 is 0 Å². The first-order valence-corrected chi connectivity index (χ1v) is 6.24.